The van der Waals surface area contributed by atoms with Crippen LogP contribution in [0.25, 0.3) is 0 Å². The Bertz CT molecular complexity index is 776. The number of carbonyl (C=O) groups is 4. The van der Waals surface area contributed by atoms with E-state index in [1.807, 2.05) is 45.9 Å². The van der Waals surface area contributed by atoms with E-state index in [1.54, 1.807) is 19.1 Å². The second-order valence-corrected chi connectivity index (χ2v) is 9.01. The highest BCUT2D eigenvalue weighted by atomic mass is 16.5. The molecule has 3 amide bonds. The van der Waals surface area contributed by atoms with Crippen LogP contribution in [0.5, 0.6) is 0 Å². The van der Waals surface area contributed by atoms with Gasteiger partial charge in [0.25, 0.3) is 0 Å². The van der Waals surface area contributed by atoms with E-state index in [2.05, 4.69) is 16.0 Å². The van der Waals surface area contributed by atoms with Gasteiger partial charge in [-0.05, 0) is 16.9 Å². The third-order valence-electron chi connectivity index (χ3n) is 4.80. The van der Waals surface area contributed by atoms with Gasteiger partial charge in [-0.1, -0.05) is 71.4 Å². The normalized spacial score (nSPS) is 13.9. The van der Waals surface area contributed by atoms with Crippen molar-refractivity contribution in [3.05, 3.63) is 35.9 Å². The molecule has 9 nitrogen and oxygen atoms in total. The summed E-state index contributed by atoms with van der Waals surface area (Å²) in [5, 5.41) is 17.0. The summed E-state index contributed by atoms with van der Waals surface area (Å²) in [6.45, 7) is 9.81. The first kappa shape index (κ1) is 26.9. The molecule has 1 rings (SSSR count). The Kier molecular flexibility index (Phi) is 10.7. The summed E-state index contributed by atoms with van der Waals surface area (Å²) in [6.07, 6.45) is -0.645. The number of amides is 3. The number of carbonyl (C=O) groups excluding carboxylic acids is 3. The molecule has 4 N–H and O–H groups in total. The van der Waals surface area contributed by atoms with E-state index in [1.165, 1.54) is 0 Å². The van der Waals surface area contributed by atoms with Crippen LogP contribution in [0.15, 0.2) is 30.3 Å². The van der Waals surface area contributed by atoms with E-state index >= 15 is 0 Å². The second kappa shape index (κ2) is 12.7. The van der Waals surface area contributed by atoms with E-state index in [0.29, 0.717) is 13.0 Å². The van der Waals surface area contributed by atoms with Gasteiger partial charge in [-0.3, -0.25) is 9.59 Å². The van der Waals surface area contributed by atoms with Gasteiger partial charge < -0.3 is 25.8 Å². The van der Waals surface area contributed by atoms with Crippen LogP contribution < -0.4 is 16.0 Å². The number of benzene rings is 1. The summed E-state index contributed by atoms with van der Waals surface area (Å²) in [4.78, 5) is 48.8. The third-order valence-corrected chi connectivity index (χ3v) is 4.80. The quantitative estimate of drug-likeness (QED) is 0.410. The summed E-state index contributed by atoms with van der Waals surface area (Å²) in [5.41, 5.74) is 0.628. The highest BCUT2D eigenvalue weighted by molar-refractivity contribution is 5.91. The number of aliphatic carboxylic acids is 1. The Labute approximate surface area is 189 Å². The summed E-state index contributed by atoms with van der Waals surface area (Å²) in [5.74, 6) is -2.79. The first-order chi connectivity index (χ1) is 14.9. The van der Waals surface area contributed by atoms with Gasteiger partial charge in [0.05, 0.1) is 6.42 Å². The maximum absolute atomic E-state index is 12.8. The fourth-order valence-corrected chi connectivity index (χ4v) is 2.68. The molecule has 1 aromatic carbocycles. The molecule has 0 aliphatic heterocycles. The number of carboxylic acid groups (broad SMARTS) is 1. The highest BCUT2D eigenvalue weighted by Gasteiger charge is 2.31. The molecule has 32 heavy (non-hydrogen) atoms. The predicted molar refractivity (Wildman–Crippen MR) is 120 cm³/mol. The van der Waals surface area contributed by atoms with Crippen LogP contribution in [-0.4, -0.2) is 47.6 Å². The molecule has 0 radical (unpaired) electrons. The van der Waals surface area contributed by atoms with Crippen molar-refractivity contribution in [3.8, 4) is 0 Å². The Hall–Kier alpha value is -3.10. The summed E-state index contributed by atoms with van der Waals surface area (Å²) in [6, 6.07) is 6.64. The minimum atomic E-state index is -1.42. The Morgan fingerprint density at radius 2 is 1.69 bits per heavy atom. The van der Waals surface area contributed by atoms with Crippen molar-refractivity contribution in [2.75, 3.05) is 6.54 Å². The molecule has 0 fully saturated rings. The predicted octanol–water partition coefficient (Wildman–Crippen LogP) is 2.45. The maximum atomic E-state index is 12.8. The van der Waals surface area contributed by atoms with Gasteiger partial charge in [0.2, 0.25) is 11.8 Å². The van der Waals surface area contributed by atoms with Gasteiger partial charge in [0.15, 0.2) is 0 Å². The first-order valence-electron chi connectivity index (χ1n) is 10.7. The van der Waals surface area contributed by atoms with Crippen molar-refractivity contribution >= 4 is 23.9 Å². The molecule has 0 saturated carbocycles. The molecule has 9 heteroatoms. The lowest BCUT2D eigenvalue weighted by Gasteiger charge is -2.25. The van der Waals surface area contributed by atoms with Crippen LogP contribution in [0, 0.1) is 11.3 Å². The van der Waals surface area contributed by atoms with Crippen LogP contribution in [0.3, 0.4) is 0 Å². The van der Waals surface area contributed by atoms with Crippen molar-refractivity contribution in [1.29, 1.82) is 0 Å². The standard InChI is InChI=1S/C23H35N3O6/c1-6-15(2)19(26-22(31)32-13-16-10-8-7-9-11-16)20(28)25-17(21(29)30)12-18(27)24-14-23(3,4)5/h7-11,15,17,19H,6,12-14H2,1-5H3,(H,24,27)(H,25,28)(H,26,31)(H,29,30)/t15-,17-,19-/m0/s1. The molecule has 0 bridgehead atoms. The summed E-state index contributed by atoms with van der Waals surface area (Å²) >= 11 is 0. The number of hydrogen-bond acceptors (Lipinski definition) is 5. The monoisotopic (exact) mass is 449 g/mol. The molecule has 0 aromatic heterocycles. The average Bonchev–Trinajstić information content (AvgIpc) is 2.73. The van der Waals surface area contributed by atoms with Gasteiger partial charge in [0, 0.05) is 6.54 Å². The van der Waals surface area contributed by atoms with Gasteiger partial charge in [0.1, 0.15) is 18.7 Å². The number of alkyl carbamates (subject to hydrolysis) is 1. The molecular weight excluding hydrogens is 414 g/mol. The molecule has 0 saturated heterocycles. The molecule has 0 aliphatic rings. The van der Waals surface area contributed by atoms with Crippen LogP contribution in [0.1, 0.15) is 53.0 Å². The van der Waals surface area contributed by atoms with Crippen molar-refractivity contribution < 1.29 is 29.0 Å². The number of rotatable bonds is 11. The lowest BCUT2D eigenvalue weighted by molar-refractivity contribution is -0.144. The first-order valence-corrected chi connectivity index (χ1v) is 10.7. The Morgan fingerprint density at radius 3 is 2.22 bits per heavy atom. The average molecular weight is 450 g/mol. The molecule has 0 spiro atoms. The van der Waals surface area contributed by atoms with Gasteiger partial charge in [-0.15, -0.1) is 0 Å². The van der Waals surface area contributed by atoms with E-state index < -0.39 is 42.4 Å². The molecule has 0 heterocycles. The van der Waals surface area contributed by atoms with Gasteiger partial charge in [-0.2, -0.15) is 0 Å². The van der Waals surface area contributed by atoms with Gasteiger partial charge >= 0.3 is 12.1 Å². The third kappa shape index (κ3) is 10.3. The minimum absolute atomic E-state index is 0.0349. The molecule has 3 atom stereocenters. The topological polar surface area (TPSA) is 134 Å². The van der Waals surface area contributed by atoms with Crippen molar-refractivity contribution in [2.45, 2.75) is 66.2 Å². The SMILES string of the molecule is CC[C@H](C)[C@H](NC(=O)OCc1ccccc1)C(=O)N[C@@H](CC(=O)NCC(C)(C)C)C(=O)O. The van der Waals surface area contributed by atoms with E-state index in [9.17, 15) is 24.3 Å². The fraction of sp³-hybridized carbons (Fsp3) is 0.565. The highest BCUT2D eigenvalue weighted by Crippen LogP contribution is 2.12. The summed E-state index contributed by atoms with van der Waals surface area (Å²) < 4.78 is 5.17. The number of hydrogen-bond donors (Lipinski definition) is 4. The number of carboxylic acids is 1. The molecule has 0 unspecified atom stereocenters. The van der Waals surface area contributed by atoms with Crippen molar-refractivity contribution in [1.82, 2.24) is 16.0 Å². The zero-order valence-corrected chi connectivity index (χ0v) is 19.4. The molecule has 0 aliphatic carbocycles. The van der Waals surface area contributed by atoms with E-state index in [4.69, 9.17) is 4.74 Å². The minimum Gasteiger partial charge on any atom is -0.480 e. The van der Waals surface area contributed by atoms with Crippen LogP contribution in [-0.2, 0) is 25.7 Å². The zero-order chi connectivity index (χ0) is 24.3. The maximum Gasteiger partial charge on any atom is 0.408 e. The Morgan fingerprint density at radius 1 is 1.06 bits per heavy atom. The number of ether oxygens (including phenoxy) is 1. The van der Waals surface area contributed by atoms with Crippen LogP contribution in [0.2, 0.25) is 0 Å². The van der Waals surface area contributed by atoms with Gasteiger partial charge in [-0.25, -0.2) is 9.59 Å². The molecular formula is C23H35N3O6. The zero-order valence-electron chi connectivity index (χ0n) is 19.4. The molecule has 178 valence electrons. The van der Waals surface area contributed by atoms with Crippen molar-refractivity contribution in [2.24, 2.45) is 11.3 Å². The van der Waals surface area contributed by atoms with E-state index in [0.717, 1.165) is 5.56 Å². The van der Waals surface area contributed by atoms with E-state index in [-0.39, 0.29) is 17.9 Å². The van der Waals surface area contributed by atoms with Crippen LogP contribution >= 0.6 is 0 Å². The lowest BCUT2D eigenvalue weighted by Crippen LogP contribution is -2.55. The Balaban J connectivity index is 2.73. The van der Waals surface area contributed by atoms with Crippen LogP contribution in [0.4, 0.5) is 4.79 Å². The largest absolute Gasteiger partial charge is 0.480 e. The fourth-order valence-electron chi connectivity index (χ4n) is 2.68. The summed E-state index contributed by atoms with van der Waals surface area (Å²) in [7, 11) is 0. The number of nitrogens with one attached hydrogen (secondary N) is 3. The molecule has 1 aromatic rings. The lowest BCUT2D eigenvalue weighted by atomic mass is 9.96. The second-order valence-electron chi connectivity index (χ2n) is 9.01. The van der Waals surface area contributed by atoms with Crippen molar-refractivity contribution in [3.63, 3.8) is 0 Å². The smallest absolute Gasteiger partial charge is 0.408 e.